The van der Waals surface area contributed by atoms with Gasteiger partial charge in [-0.2, -0.15) is 0 Å². The lowest BCUT2D eigenvalue weighted by Gasteiger charge is -2.18. The fourth-order valence-corrected chi connectivity index (χ4v) is 4.91. The van der Waals surface area contributed by atoms with Crippen LogP contribution in [0.1, 0.15) is 30.8 Å². The van der Waals surface area contributed by atoms with Crippen molar-refractivity contribution < 1.29 is 14.4 Å². The number of amides is 3. The maximum atomic E-state index is 13.3. The number of carbonyl (C=O) groups is 3. The van der Waals surface area contributed by atoms with Crippen LogP contribution in [0.4, 0.5) is 11.4 Å². The fourth-order valence-electron chi connectivity index (χ4n) is 3.21. The number of anilines is 2. The van der Waals surface area contributed by atoms with Gasteiger partial charge in [-0.3, -0.25) is 14.4 Å². The van der Waals surface area contributed by atoms with E-state index in [2.05, 4.69) is 10.6 Å². The van der Waals surface area contributed by atoms with Gasteiger partial charge in [0.1, 0.15) is 5.25 Å². The van der Waals surface area contributed by atoms with Gasteiger partial charge in [0.15, 0.2) is 0 Å². The molecule has 6 nitrogen and oxygen atoms in total. The Morgan fingerprint density at radius 3 is 2.24 bits per heavy atom. The first-order valence-electron chi connectivity index (χ1n) is 10.4. The molecule has 0 aliphatic heterocycles. The quantitative estimate of drug-likeness (QED) is 0.283. The normalized spacial score (nSPS) is 11.4. The van der Waals surface area contributed by atoms with Crippen LogP contribution in [-0.4, -0.2) is 17.7 Å². The lowest BCUT2D eigenvalue weighted by Crippen LogP contribution is -2.19. The first kappa shape index (κ1) is 23.3. The Kier molecular flexibility index (Phi) is 7.41. The van der Waals surface area contributed by atoms with E-state index in [9.17, 15) is 14.4 Å². The predicted molar refractivity (Wildman–Crippen MR) is 137 cm³/mol. The molecule has 1 unspecified atom stereocenters. The summed E-state index contributed by atoms with van der Waals surface area (Å²) in [6.45, 7) is 0. The van der Waals surface area contributed by atoms with Crippen molar-refractivity contribution in [2.75, 3.05) is 10.6 Å². The third kappa shape index (κ3) is 5.92. The van der Waals surface area contributed by atoms with Crippen molar-refractivity contribution in [2.24, 2.45) is 5.73 Å². The average molecular weight is 488 g/mol. The molecule has 0 spiro atoms. The van der Waals surface area contributed by atoms with Crippen molar-refractivity contribution >= 4 is 52.2 Å². The number of hydrogen-bond acceptors (Lipinski definition) is 5. The second-order valence-electron chi connectivity index (χ2n) is 7.30. The number of hydrogen-bond donors (Lipinski definition) is 3. The summed E-state index contributed by atoms with van der Waals surface area (Å²) >= 11 is 2.75. The van der Waals surface area contributed by atoms with Gasteiger partial charge in [0.25, 0.3) is 5.91 Å². The molecule has 4 rings (SSSR count). The largest absolute Gasteiger partial charge is 0.366 e. The smallest absolute Gasteiger partial charge is 0.265 e. The molecule has 1 heterocycles. The van der Waals surface area contributed by atoms with Crippen molar-refractivity contribution in [1.82, 2.24) is 0 Å². The van der Waals surface area contributed by atoms with Crippen molar-refractivity contribution in [3.05, 3.63) is 112 Å². The van der Waals surface area contributed by atoms with E-state index in [1.807, 2.05) is 66.0 Å². The number of nitrogens with one attached hydrogen (secondary N) is 2. The van der Waals surface area contributed by atoms with Gasteiger partial charge >= 0.3 is 0 Å². The highest BCUT2D eigenvalue weighted by atomic mass is 32.2. The molecule has 3 aromatic carbocycles. The number of thiophene rings is 1. The molecule has 8 heteroatoms. The maximum absolute atomic E-state index is 13.3. The average Bonchev–Trinajstić information content (AvgIpc) is 3.39. The summed E-state index contributed by atoms with van der Waals surface area (Å²) in [5, 5.41) is 7.12. The van der Waals surface area contributed by atoms with Crippen LogP contribution in [0.5, 0.6) is 0 Å². The van der Waals surface area contributed by atoms with Gasteiger partial charge in [-0.25, -0.2) is 0 Å². The van der Waals surface area contributed by atoms with Crippen LogP contribution in [0.15, 0.2) is 101 Å². The Balaban J connectivity index is 1.53. The summed E-state index contributed by atoms with van der Waals surface area (Å²) in [5.41, 5.74) is 7.71. The Bertz CT molecular complexity index is 1290. The van der Waals surface area contributed by atoms with Crippen LogP contribution < -0.4 is 16.4 Å². The van der Waals surface area contributed by atoms with E-state index < -0.39 is 11.2 Å². The lowest BCUT2D eigenvalue weighted by atomic mass is 10.1. The topological polar surface area (TPSA) is 101 Å². The zero-order valence-corrected chi connectivity index (χ0v) is 19.6. The highest BCUT2D eigenvalue weighted by Crippen LogP contribution is 2.37. The minimum Gasteiger partial charge on any atom is -0.366 e. The van der Waals surface area contributed by atoms with Crippen LogP contribution in [0.2, 0.25) is 0 Å². The van der Waals surface area contributed by atoms with Crippen LogP contribution >= 0.6 is 23.1 Å². The van der Waals surface area contributed by atoms with Gasteiger partial charge in [0.2, 0.25) is 11.8 Å². The van der Waals surface area contributed by atoms with Crippen molar-refractivity contribution in [3.63, 3.8) is 0 Å². The highest BCUT2D eigenvalue weighted by Gasteiger charge is 2.22. The molecule has 0 aliphatic carbocycles. The molecule has 0 saturated carbocycles. The first-order chi connectivity index (χ1) is 16.5. The molecule has 170 valence electrons. The van der Waals surface area contributed by atoms with Crippen molar-refractivity contribution in [3.8, 4) is 0 Å². The molecule has 0 radical (unpaired) electrons. The molecule has 1 atom stereocenters. The third-order valence-electron chi connectivity index (χ3n) is 4.87. The van der Waals surface area contributed by atoms with Crippen LogP contribution in [0.3, 0.4) is 0 Å². The Hall–Kier alpha value is -3.88. The number of carbonyl (C=O) groups excluding carboxylic acids is 3. The van der Waals surface area contributed by atoms with Gasteiger partial charge in [0.05, 0.1) is 4.88 Å². The van der Waals surface area contributed by atoms with E-state index in [1.54, 1.807) is 30.3 Å². The maximum Gasteiger partial charge on any atom is 0.265 e. The molecular weight excluding hydrogens is 466 g/mol. The third-order valence-corrected chi connectivity index (χ3v) is 6.98. The van der Waals surface area contributed by atoms with Gasteiger partial charge in [-0.05, 0) is 59.5 Å². The molecule has 0 bridgehead atoms. The number of thioether (sulfide) groups is 1. The van der Waals surface area contributed by atoms with E-state index >= 15 is 0 Å². The van der Waals surface area contributed by atoms with E-state index in [0.29, 0.717) is 21.8 Å². The summed E-state index contributed by atoms with van der Waals surface area (Å²) in [6, 6.07) is 26.9. The number of rotatable bonds is 8. The van der Waals surface area contributed by atoms with Crippen molar-refractivity contribution in [1.29, 1.82) is 0 Å². The monoisotopic (exact) mass is 487 g/mol. The molecule has 34 heavy (non-hydrogen) atoms. The Morgan fingerprint density at radius 2 is 1.56 bits per heavy atom. The summed E-state index contributed by atoms with van der Waals surface area (Å²) in [5.74, 6) is -0.911. The summed E-state index contributed by atoms with van der Waals surface area (Å²) in [4.78, 5) is 38.4. The van der Waals surface area contributed by atoms with E-state index in [-0.39, 0.29) is 11.8 Å². The van der Waals surface area contributed by atoms with Gasteiger partial charge < -0.3 is 16.4 Å². The van der Waals surface area contributed by atoms with E-state index in [4.69, 9.17) is 5.73 Å². The number of benzene rings is 3. The second-order valence-corrected chi connectivity index (χ2v) is 9.42. The minimum atomic E-state index is -0.541. The van der Waals surface area contributed by atoms with E-state index in [1.165, 1.54) is 23.1 Å². The highest BCUT2D eigenvalue weighted by molar-refractivity contribution is 8.00. The van der Waals surface area contributed by atoms with Gasteiger partial charge in [0, 0.05) is 21.8 Å². The second kappa shape index (κ2) is 10.8. The zero-order valence-electron chi connectivity index (χ0n) is 17.9. The molecule has 3 amide bonds. The fraction of sp³-hybridized carbons (Fsp3) is 0.0385. The van der Waals surface area contributed by atoms with Crippen LogP contribution in [0, 0.1) is 0 Å². The molecule has 0 saturated heterocycles. The number of primary amides is 1. The molecule has 0 aliphatic rings. The minimum absolute atomic E-state index is 0.172. The van der Waals surface area contributed by atoms with Gasteiger partial charge in [-0.1, -0.05) is 42.5 Å². The first-order valence-corrected chi connectivity index (χ1v) is 12.1. The van der Waals surface area contributed by atoms with E-state index in [0.717, 1.165) is 10.5 Å². The van der Waals surface area contributed by atoms with Gasteiger partial charge in [-0.15, -0.1) is 23.1 Å². The predicted octanol–water partition coefficient (Wildman–Crippen LogP) is 5.57. The molecular formula is C26H21N3O3S2. The molecule has 0 fully saturated rings. The van der Waals surface area contributed by atoms with Crippen LogP contribution in [-0.2, 0) is 4.79 Å². The molecule has 1 aromatic heterocycles. The summed E-state index contributed by atoms with van der Waals surface area (Å²) in [7, 11) is 0. The van der Waals surface area contributed by atoms with Crippen LogP contribution in [0.25, 0.3) is 0 Å². The van der Waals surface area contributed by atoms with Crippen molar-refractivity contribution in [2.45, 2.75) is 10.1 Å². The number of nitrogens with two attached hydrogens (primary N) is 1. The molecule has 4 aromatic rings. The zero-order chi connectivity index (χ0) is 23.9. The standard InChI is InChI=1S/C26H21N3O3S2/c27-24(30)18-11-13-19(14-12-18)28-26(32)23(17-6-2-1-3-7-17)34-21-9-4-8-20(16-21)29-25(31)22-10-5-15-33-22/h1-16,23H,(H2,27,30)(H,28,32)(H,29,31). The SMILES string of the molecule is NC(=O)c1ccc(NC(=O)C(Sc2cccc(NC(=O)c3cccs3)c2)c2ccccc2)cc1. The Morgan fingerprint density at radius 1 is 0.794 bits per heavy atom. The Labute approximate surface area is 205 Å². The lowest BCUT2D eigenvalue weighted by molar-refractivity contribution is -0.115. The molecule has 4 N–H and O–H groups in total. The summed E-state index contributed by atoms with van der Waals surface area (Å²) in [6.07, 6.45) is 0. The summed E-state index contributed by atoms with van der Waals surface area (Å²) < 4.78 is 0.